The summed E-state index contributed by atoms with van der Waals surface area (Å²) in [6.07, 6.45) is 0. The lowest BCUT2D eigenvalue weighted by atomic mass is 9.91. The Hall–Kier alpha value is -5.28. The van der Waals surface area contributed by atoms with Gasteiger partial charge in [0.15, 0.2) is 0 Å². The zero-order chi connectivity index (χ0) is 26.1. The van der Waals surface area contributed by atoms with Gasteiger partial charge in [-0.05, 0) is 97.0 Å². The average Bonchev–Trinajstić information content (AvgIpc) is 3.28. The molecule has 2 N–H and O–H groups in total. The topological polar surface area (TPSA) is 45.4 Å². The Kier molecular flexibility index (Phi) is 4.53. The largest absolute Gasteiger partial charge is 0.508 e. The smallest absolute Gasteiger partial charge is 0.116 e. The molecule has 0 bridgehead atoms. The summed E-state index contributed by atoms with van der Waals surface area (Å²) in [6, 6.07) is 43.3. The van der Waals surface area contributed by atoms with Crippen molar-refractivity contribution in [2.24, 2.45) is 0 Å². The van der Waals surface area contributed by atoms with Crippen LogP contribution in [0.1, 0.15) is 0 Å². The minimum atomic E-state index is 0.218. The second kappa shape index (κ2) is 8.11. The van der Waals surface area contributed by atoms with Crippen LogP contribution >= 0.6 is 0 Å². The monoisotopic (exact) mass is 501 g/mol. The lowest BCUT2D eigenvalue weighted by molar-refractivity contribution is 0.213. The highest BCUT2D eigenvalue weighted by atomic mass is 16.5. The van der Waals surface area contributed by atoms with E-state index in [-0.39, 0.29) is 5.75 Å². The molecule has 0 fully saturated rings. The molecule has 0 aliphatic heterocycles. The quantitative estimate of drug-likeness (QED) is 0.183. The third kappa shape index (κ3) is 3.23. The summed E-state index contributed by atoms with van der Waals surface area (Å²) in [5, 5.41) is 30.8. The minimum absolute atomic E-state index is 0.218. The summed E-state index contributed by atoms with van der Waals surface area (Å²) >= 11 is 0. The van der Waals surface area contributed by atoms with E-state index in [0.717, 1.165) is 44.1 Å². The Morgan fingerprint density at radius 3 is 1.46 bits per heavy atom. The van der Waals surface area contributed by atoms with E-state index in [4.69, 9.17) is 0 Å². The first-order valence-electron chi connectivity index (χ1n) is 13.1. The highest BCUT2D eigenvalue weighted by Crippen LogP contribution is 2.39. The summed E-state index contributed by atoms with van der Waals surface area (Å²) in [7, 11) is 0. The first-order valence-corrected chi connectivity index (χ1v) is 13.1. The van der Waals surface area contributed by atoms with E-state index in [0.29, 0.717) is 0 Å². The van der Waals surface area contributed by atoms with E-state index in [1.807, 2.05) is 42.5 Å². The molecule has 3 nitrogen and oxygen atoms in total. The van der Waals surface area contributed by atoms with E-state index in [9.17, 15) is 10.3 Å². The van der Waals surface area contributed by atoms with Gasteiger partial charge < -0.3 is 10.3 Å². The van der Waals surface area contributed by atoms with Crippen molar-refractivity contribution < 1.29 is 10.3 Å². The summed E-state index contributed by atoms with van der Waals surface area (Å²) < 4.78 is 1.24. The molecule has 3 heteroatoms. The third-order valence-corrected chi connectivity index (χ3v) is 7.98. The molecule has 0 amide bonds. The van der Waals surface area contributed by atoms with Crippen molar-refractivity contribution >= 4 is 54.1 Å². The van der Waals surface area contributed by atoms with Gasteiger partial charge in [0.2, 0.25) is 0 Å². The zero-order valence-electron chi connectivity index (χ0n) is 21.0. The Labute approximate surface area is 224 Å². The molecule has 0 radical (unpaired) electrons. The van der Waals surface area contributed by atoms with Crippen molar-refractivity contribution in [3.05, 3.63) is 127 Å². The highest BCUT2D eigenvalue weighted by molar-refractivity contribution is 6.25. The van der Waals surface area contributed by atoms with Crippen LogP contribution in [0.4, 0.5) is 0 Å². The van der Waals surface area contributed by atoms with Crippen molar-refractivity contribution in [3.8, 4) is 28.0 Å². The highest BCUT2D eigenvalue weighted by Gasteiger charge is 2.13. The molecule has 1 heterocycles. The molecular formula is C36H23NO2. The molecule has 1 aromatic heterocycles. The van der Waals surface area contributed by atoms with Crippen LogP contribution in [0.2, 0.25) is 0 Å². The number of para-hydroxylation sites is 1. The normalized spacial score (nSPS) is 11.8. The van der Waals surface area contributed by atoms with Crippen molar-refractivity contribution in [1.82, 2.24) is 4.73 Å². The number of aromatic nitrogens is 1. The number of hydrogen-bond acceptors (Lipinski definition) is 2. The van der Waals surface area contributed by atoms with Crippen molar-refractivity contribution in [1.29, 1.82) is 0 Å². The number of fused-ring (bicyclic) bond motifs is 9. The lowest BCUT2D eigenvalue weighted by Gasteiger charge is -2.13. The van der Waals surface area contributed by atoms with Crippen LogP contribution in [0.15, 0.2) is 127 Å². The molecule has 0 atom stereocenters. The first-order chi connectivity index (χ1) is 19.2. The van der Waals surface area contributed by atoms with Crippen LogP contribution in [0.25, 0.3) is 76.4 Å². The Bertz CT molecular complexity index is 2220. The van der Waals surface area contributed by atoms with E-state index >= 15 is 0 Å². The predicted molar refractivity (Wildman–Crippen MR) is 162 cm³/mol. The summed E-state index contributed by atoms with van der Waals surface area (Å²) in [5.41, 5.74) is 5.44. The second-order valence-electron chi connectivity index (χ2n) is 10.2. The molecule has 7 aromatic carbocycles. The van der Waals surface area contributed by atoms with Gasteiger partial charge in [-0.15, -0.1) is 0 Å². The molecule has 39 heavy (non-hydrogen) atoms. The van der Waals surface area contributed by atoms with E-state index in [2.05, 4.69) is 78.9 Å². The number of hydrogen-bond donors (Lipinski definition) is 2. The van der Waals surface area contributed by atoms with Gasteiger partial charge in [0.1, 0.15) is 5.75 Å². The van der Waals surface area contributed by atoms with Crippen LogP contribution in [0, 0.1) is 0 Å². The summed E-state index contributed by atoms with van der Waals surface area (Å²) in [6.45, 7) is 0. The average molecular weight is 502 g/mol. The standard InChI is InChI=1S/C36H23NO2/c38-26-18-24(17-25(19-26)23-14-16-36-34(21-23)32-11-5-6-12-35(32)37(36)39)22-13-15-31-29-9-2-1-7-27(29)28-8-3-4-10-30(28)33(31)20-22/h1-21,38-39H. The molecule has 8 aromatic rings. The minimum Gasteiger partial charge on any atom is -0.508 e. The van der Waals surface area contributed by atoms with Crippen molar-refractivity contribution in [3.63, 3.8) is 0 Å². The number of phenolic OH excluding ortho intramolecular Hbond substituents is 1. The molecule has 0 unspecified atom stereocenters. The fraction of sp³-hybridized carbons (Fsp3) is 0. The number of phenols is 1. The van der Waals surface area contributed by atoms with Gasteiger partial charge in [0, 0.05) is 10.8 Å². The molecule has 0 saturated heterocycles. The molecule has 184 valence electrons. The number of aromatic hydroxyl groups is 1. The van der Waals surface area contributed by atoms with Crippen LogP contribution < -0.4 is 0 Å². The molecule has 0 aliphatic carbocycles. The second-order valence-corrected chi connectivity index (χ2v) is 10.2. The Morgan fingerprint density at radius 2 is 0.821 bits per heavy atom. The third-order valence-electron chi connectivity index (χ3n) is 7.98. The van der Waals surface area contributed by atoms with Gasteiger partial charge in [0.25, 0.3) is 0 Å². The first kappa shape index (κ1) is 21.8. The lowest BCUT2D eigenvalue weighted by Crippen LogP contribution is -1.88. The van der Waals surface area contributed by atoms with Crippen molar-refractivity contribution in [2.75, 3.05) is 0 Å². The Morgan fingerprint density at radius 1 is 0.359 bits per heavy atom. The van der Waals surface area contributed by atoms with Gasteiger partial charge in [-0.3, -0.25) is 0 Å². The van der Waals surface area contributed by atoms with E-state index in [1.54, 1.807) is 6.07 Å². The van der Waals surface area contributed by atoms with E-state index in [1.165, 1.54) is 37.0 Å². The summed E-state index contributed by atoms with van der Waals surface area (Å²) in [5.74, 6) is 0.218. The molecule has 0 aliphatic rings. The molecule has 8 rings (SSSR count). The predicted octanol–water partition coefficient (Wildman–Crippen LogP) is 9.53. The summed E-state index contributed by atoms with van der Waals surface area (Å²) in [4.78, 5) is 0. The number of benzene rings is 7. The van der Waals surface area contributed by atoms with Gasteiger partial charge in [-0.25, -0.2) is 0 Å². The number of rotatable bonds is 2. The number of nitrogens with zero attached hydrogens (tertiary/aromatic N) is 1. The van der Waals surface area contributed by atoms with Gasteiger partial charge in [-0.2, -0.15) is 4.73 Å². The maximum Gasteiger partial charge on any atom is 0.116 e. The zero-order valence-corrected chi connectivity index (χ0v) is 21.0. The SMILES string of the molecule is Oc1cc(-c2ccc3c4ccccc4c4ccccc4c3c2)cc(-c2ccc3c(c2)c2ccccc2n3O)c1. The maximum absolute atomic E-state index is 10.8. The fourth-order valence-corrected chi connectivity index (χ4v) is 6.16. The van der Waals surface area contributed by atoms with Crippen molar-refractivity contribution in [2.45, 2.75) is 0 Å². The molecular weight excluding hydrogens is 478 g/mol. The van der Waals surface area contributed by atoms with E-state index < -0.39 is 0 Å². The van der Waals surface area contributed by atoms with Crippen LogP contribution in [-0.2, 0) is 0 Å². The van der Waals surface area contributed by atoms with Crippen LogP contribution in [0.5, 0.6) is 5.75 Å². The van der Waals surface area contributed by atoms with Crippen LogP contribution in [0.3, 0.4) is 0 Å². The Balaban J connectivity index is 1.33. The van der Waals surface area contributed by atoms with Crippen LogP contribution in [-0.4, -0.2) is 15.0 Å². The van der Waals surface area contributed by atoms with Gasteiger partial charge >= 0.3 is 0 Å². The van der Waals surface area contributed by atoms with Gasteiger partial charge in [-0.1, -0.05) is 84.9 Å². The maximum atomic E-state index is 10.8. The molecule has 0 saturated carbocycles. The fourth-order valence-electron chi connectivity index (χ4n) is 6.16. The molecule has 0 spiro atoms. The van der Waals surface area contributed by atoms with Gasteiger partial charge in [0.05, 0.1) is 11.0 Å².